The summed E-state index contributed by atoms with van der Waals surface area (Å²) in [5.41, 5.74) is 4.47. The second-order valence-corrected chi connectivity index (χ2v) is 4.79. The minimum Gasteiger partial charge on any atom is -0.310 e. The molecule has 0 amide bonds. The highest BCUT2D eigenvalue weighted by Crippen LogP contribution is 2.22. The fourth-order valence-electron chi connectivity index (χ4n) is 2.20. The summed E-state index contributed by atoms with van der Waals surface area (Å²) in [4.78, 5) is 0. The van der Waals surface area contributed by atoms with Gasteiger partial charge in [-0.15, -0.1) is 0 Å². The van der Waals surface area contributed by atoms with E-state index in [2.05, 4.69) is 15.6 Å². The number of aromatic nitrogens is 2. The summed E-state index contributed by atoms with van der Waals surface area (Å²) in [6.07, 6.45) is 4.17. The summed E-state index contributed by atoms with van der Waals surface area (Å²) in [5.74, 6) is -0.275. The van der Waals surface area contributed by atoms with Gasteiger partial charge in [-0.1, -0.05) is 23.7 Å². The molecule has 4 nitrogen and oxygen atoms in total. The van der Waals surface area contributed by atoms with Crippen LogP contribution in [-0.2, 0) is 0 Å². The molecule has 1 unspecified atom stereocenters. The quantitative estimate of drug-likeness (QED) is 0.917. The molecule has 6 heteroatoms. The fraction of sp³-hybridized carbons (Fsp3) is 0.231. The maximum atomic E-state index is 13.3. The van der Waals surface area contributed by atoms with Crippen LogP contribution in [0, 0.1) is 5.82 Å². The van der Waals surface area contributed by atoms with Crippen molar-refractivity contribution in [3.05, 3.63) is 53.1 Å². The molecular weight excluding hydrogens is 267 g/mol. The highest BCUT2D eigenvalue weighted by Gasteiger charge is 2.23. The highest BCUT2D eigenvalue weighted by molar-refractivity contribution is 6.30. The van der Waals surface area contributed by atoms with Gasteiger partial charge in [0.2, 0.25) is 0 Å². The molecule has 98 valence electrons. The van der Waals surface area contributed by atoms with E-state index in [4.69, 9.17) is 11.6 Å². The Kier molecular flexibility index (Phi) is 3.21. The third-order valence-corrected chi connectivity index (χ3v) is 3.25. The minimum absolute atomic E-state index is 0.0319. The number of benzene rings is 1. The lowest BCUT2D eigenvalue weighted by atomic mass is 9.99. The van der Waals surface area contributed by atoms with Crippen LogP contribution in [0.25, 0.3) is 0 Å². The van der Waals surface area contributed by atoms with E-state index in [0.29, 0.717) is 5.02 Å². The molecule has 1 aromatic heterocycles. The highest BCUT2D eigenvalue weighted by atomic mass is 35.5. The van der Waals surface area contributed by atoms with Crippen molar-refractivity contribution in [3.63, 3.8) is 0 Å². The van der Waals surface area contributed by atoms with E-state index in [0.717, 1.165) is 24.2 Å². The molecule has 1 aliphatic heterocycles. The van der Waals surface area contributed by atoms with Crippen molar-refractivity contribution < 1.29 is 4.39 Å². The van der Waals surface area contributed by atoms with Gasteiger partial charge in [-0.2, -0.15) is 10.2 Å². The Bertz CT molecular complexity index is 623. The third-order valence-electron chi connectivity index (χ3n) is 3.05. The van der Waals surface area contributed by atoms with Crippen molar-refractivity contribution in [1.29, 1.82) is 0 Å². The van der Waals surface area contributed by atoms with Gasteiger partial charge in [0.15, 0.2) is 0 Å². The van der Waals surface area contributed by atoms with Gasteiger partial charge < -0.3 is 5.43 Å². The molecule has 0 aliphatic carbocycles. The molecule has 0 bridgehead atoms. The van der Waals surface area contributed by atoms with Crippen molar-refractivity contribution >= 4 is 17.3 Å². The Hall–Kier alpha value is -1.88. The lowest BCUT2D eigenvalue weighted by molar-refractivity contribution is 0.484. The van der Waals surface area contributed by atoms with Crippen molar-refractivity contribution in [2.24, 2.45) is 5.10 Å². The van der Waals surface area contributed by atoms with E-state index in [-0.39, 0.29) is 11.9 Å². The standard InChI is InChI=1S/C13H12ClFN4/c14-10-7-17-19(8-10)12-4-5-16-18-13(12)9-2-1-3-11(15)6-9/h1-3,6-8,12,16H,4-5H2. The van der Waals surface area contributed by atoms with Crippen LogP contribution in [-0.4, -0.2) is 22.0 Å². The zero-order chi connectivity index (χ0) is 13.2. The molecule has 0 spiro atoms. The maximum absolute atomic E-state index is 13.3. The summed E-state index contributed by atoms with van der Waals surface area (Å²) in [6.45, 7) is 0.751. The molecule has 1 N–H and O–H groups in total. The number of halogens is 2. The smallest absolute Gasteiger partial charge is 0.123 e. The first-order chi connectivity index (χ1) is 9.24. The largest absolute Gasteiger partial charge is 0.310 e. The van der Waals surface area contributed by atoms with Crippen LogP contribution in [0.15, 0.2) is 41.8 Å². The first kappa shape index (κ1) is 12.2. The summed E-state index contributed by atoms with van der Waals surface area (Å²) in [7, 11) is 0. The van der Waals surface area contributed by atoms with Crippen molar-refractivity contribution in [2.45, 2.75) is 12.5 Å². The van der Waals surface area contributed by atoms with Gasteiger partial charge in [0.05, 0.1) is 23.0 Å². The van der Waals surface area contributed by atoms with Crippen LogP contribution >= 0.6 is 11.6 Å². The molecule has 0 radical (unpaired) electrons. The van der Waals surface area contributed by atoms with E-state index in [1.807, 2.05) is 6.07 Å². The molecule has 0 saturated heterocycles. The van der Waals surface area contributed by atoms with Crippen LogP contribution in [0.4, 0.5) is 4.39 Å². The van der Waals surface area contributed by atoms with Gasteiger partial charge in [0, 0.05) is 18.3 Å². The Labute approximate surface area is 114 Å². The molecule has 1 aliphatic rings. The Balaban J connectivity index is 2.00. The number of nitrogens with one attached hydrogen (secondary N) is 1. The predicted molar refractivity (Wildman–Crippen MR) is 71.8 cm³/mol. The van der Waals surface area contributed by atoms with Crippen LogP contribution in [0.5, 0.6) is 0 Å². The molecule has 19 heavy (non-hydrogen) atoms. The second-order valence-electron chi connectivity index (χ2n) is 4.36. The Morgan fingerprint density at radius 2 is 2.32 bits per heavy atom. The average Bonchev–Trinajstić information content (AvgIpc) is 2.85. The first-order valence-corrected chi connectivity index (χ1v) is 6.38. The lowest BCUT2D eigenvalue weighted by Gasteiger charge is -2.24. The van der Waals surface area contributed by atoms with Gasteiger partial charge in [-0.3, -0.25) is 4.68 Å². The Morgan fingerprint density at radius 1 is 1.42 bits per heavy atom. The van der Waals surface area contributed by atoms with E-state index < -0.39 is 0 Å². The normalized spacial score (nSPS) is 18.8. The zero-order valence-electron chi connectivity index (χ0n) is 10.1. The Morgan fingerprint density at radius 3 is 3.05 bits per heavy atom. The van der Waals surface area contributed by atoms with Gasteiger partial charge in [0.25, 0.3) is 0 Å². The van der Waals surface area contributed by atoms with Crippen LogP contribution < -0.4 is 5.43 Å². The molecule has 2 aromatic rings. The summed E-state index contributed by atoms with van der Waals surface area (Å²) in [6, 6.07) is 6.38. The molecule has 1 aromatic carbocycles. The number of hydrazone groups is 1. The van der Waals surface area contributed by atoms with E-state index in [1.54, 1.807) is 23.1 Å². The molecule has 0 fully saturated rings. The van der Waals surface area contributed by atoms with Crippen molar-refractivity contribution in [1.82, 2.24) is 15.2 Å². The maximum Gasteiger partial charge on any atom is 0.123 e. The van der Waals surface area contributed by atoms with Gasteiger partial charge in [-0.25, -0.2) is 4.39 Å². The summed E-state index contributed by atoms with van der Waals surface area (Å²) < 4.78 is 15.1. The lowest BCUT2D eigenvalue weighted by Crippen LogP contribution is -2.31. The SMILES string of the molecule is Fc1cccc(C2=NNCCC2n2cc(Cl)cn2)c1. The monoisotopic (exact) mass is 278 g/mol. The topological polar surface area (TPSA) is 42.2 Å². The third kappa shape index (κ3) is 2.46. The van der Waals surface area contributed by atoms with Crippen LogP contribution in [0.1, 0.15) is 18.0 Å². The molecular formula is C13H12ClFN4. The van der Waals surface area contributed by atoms with Crippen LogP contribution in [0.3, 0.4) is 0 Å². The van der Waals surface area contributed by atoms with Gasteiger partial charge >= 0.3 is 0 Å². The first-order valence-electron chi connectivity index (χ1n) is 6.00. The van der Waals surface area contributed by atoms with E-state index in [1.165, 1.54) is 12.1 Å². The predicted octanol–water partition coefficient (Wildman–Crippen LogP) is 2.61. The molecule has 2 heterocycles. The molecule has 1 atom stereocenters. The van der Waals surface area contributed by atoms with Gasteiger partial charge in [-0.05, 0) is 18.6 Å². The zero-order valence-corrected chi connectivity index (χ0v) is 10.8. The number of hydrogen-bond donors (Lipinski definition) is 1. The number of rotatable bonds is 2. The van der Waals surface area contributed by atoms with Gasteiger partial charge in [0.1, 0.15) is 5.82 Å². The van der Waals surface area contributed by atoms with Crippen LogP contribution in [0.2, 0.25) is 5.02 Å². The summed E-state index contributed by atoms with van der Waals surface area (Å²) in [5, 5.41) is 9.10. The molecule has 0 saturated carbocycles. The fourth-order valence-corrected chi connectivity index (χ4v) is 2.34. The minimum atomic E-state index is -0.275. The van der Waals surface area contributed by atoms with Crippen molar-refractivity contribution in [2.75, 3.05) is 6.54 Å². The average molecular weight is 279 g/mol. The number of nitrogens with zero attached hydrogens (tertiary/aromatic N) is 3. The summed E-state index contributed by atoms with van der Waals surface area (Å²) >= 11 is 5.90. The van der Waals surface area contributed by atoms with E-state index in [9.17, 15) is 4.39 Å². The van der Waals surface area contributed by atoms with E-state index >= 15 is 0 Å². The molecule has 3 rings (SSSR count). The number of hydrogen-bond acceptors (Lipinski definition) is 3. The van der Waals surface area contributed by atoms with Crippen molar-refractivity contribution in [3.8, 4) is 0 Å². The second kappa shape index (κ2) is 5.01.